The highest BCUT2D eigenvalue weighted by Gasteiger charge is 2.30. The number of benzene rings is 1. The quantitative estimate of drug-likeness (QED) is 0.842. The normalized spacial score (nSPS) is 18.3. The average Bonchev–Trinajstić information content (AvgIpc) is 3.13. The van der Waals surface area contributed by atoms with Crippen LogP contribution in [0.4, 0.5) is 0 Å². The van der Waals surface area contributed by atoms with Crippen LogP contribution in [0.3, 0.4) is 0 Å². The minimum atomic E-state index is 0.299. The van der Waals surface area contributed by atoms with Crippen molar-refractivity contribution in [1.82, 2.24) is 9.88 Å². The van der Waals surface area contributed by atoms with E-state index in [2.05, 4.69) is 16.0 Å². The average molecular weight is 316 g/mol. The molecular weight excluding hydrogens is 292 g/mol. The van der Waals surface area contributed by atoms with Crippen LogP contribution in [0.15, 0.2) is 22.6 Å². The summed E-state index contributed by atoms with van der Waals surface area (Å²) in [4.78, 5) is 6.92. The molecule has 2 aromatic rings. The summed E-state index contributed by atoms with van der Waals surface area (Å²) in [6.07, 6.45) is 2.26. The molecule has 0 spiro atoms. The van der Waals surface area contributed by atoms with E-state index in [9.17, 15) is 0 Å². The first kappa shape index (κ1) is 15.9. The molecule has 3 rings (SSSR count). The molecule has 0 radical (unpaired) electrons. The minimum absolute atomic E-state index is 0.299. The first-order chi connectivity index (χ1) is 11.1. The summed E-state index contributed by atoms with van der Waals surface area (Å²) < 4.78 is 16.7. The van der Waals surface area contributed by atoms with Crippen molar-refractivity contribution >= 4 is 0 Å². The largest absolute Gasteiger partial charge is 0.497 e. The zero-order chi connectivity index (χ0) is 16.4. The minimum Gasteiger partial charge on any atom is -0.497 e. The molecule has 124 valence electrons. The van der Waals surface area contributed by atoms with Crippen LogP contribution in [0.1, 0.15) is 41.8 Å². The van der Waals surface area contributed by atoms with Gasteiger partial charge in [0.2, 0.25) is 5.89 Å². The third-order valence-corrected chi connectivity index (χ3v) is 4.57. The number of ether oxygens (including phenoxy) is 2. The number of oxazole rings is 1. The lowest BCUT2D eigenvalue weighted by Gasteiger charge is -2.25. The van der Waals surface area contributed by atoms with Crippen LogP contribution in [0.5, 0.6) is 11.5 Å². The van der Waals surface area contributed by atoms with Gasteiger partial charge in [0.15, 0.2) is 0 Å². The molecule has 0 unspecified atom stereocenters. The number of hydrogen-bond donors (Lipinski definition) is 0. The third-order valence-electron chi connectivity index (χ3n) is 4.57. The fourth-order valence-corrected chi connectivity index (χ4v) is 3.25. The molecule has 5 heteroatoms. The van der Waals surface area contributed by atoms with Gasteiger partial charge in [-0.2, -0.15) is 0 Å². The summed E-state index contributed by atoms with van der Waals surface area (Å²) in [5, 5.41) is 0. The molecule has 0 bridgehead atoms. The Morgan fingerprint density at radius 3 is 2.74 bits per heavy atom. The molecule has 1 aliphatic rings. The highest BCUT2D eigenvalue weighted by molar-refractivity contribution is 5.42. The molecule has 23 heavy (non-hydrogen) atoms. The van der Waals surface area contributed by atoms with E-state index in [1.807, 2.05) is 26.0 Å². The summed E-state index contributed by atoms with van der Waals surface area (Å²) in [6, 6.07) is 6.29. The number of hydrogen-bond acceptors (Lipinski definition) is 5. The van der Waals surface area contributed by atoms with Gasteiger partial charge in [0.25, 0.3) is 0 Å². The van der Waals surface area contributed by atoms with E-state index in [-0.39, 0.29) is 0 Å². The lowest BCUT2D eigenvalue weighted by molar-refractivity contribution is 0.218. The van der Waals surface area contributed by atoms with Crippen LogP contribution in [0.25, 0.3) is 0 Å². The number of likely N-dealkylation sites (tertiary alicyclic amines) is 1. The van der Waals surface area contributed by atoms with Crippen LogP contribution < -0.4 is 9.47 Å². The van der Waals surface area contributed by atoms with Gasteiger partial charge < -0.3 is 13.9 Å². The molecule has 1 aromatic heterocycles. The molecule has 1 saturated heterocycles. The van der Waals surface area contributed by atoms with Gasteiger partial charge in [0.05, 0.1) is 26.5 Å². The van der Waals surface area contributed by atoms with Crippen LogP contribution in [0, 0.1) is 13.8 Å². The van der Waals surface area contributed by atoms with Crippen LogP contribution in [0.2, 0.25) is 0 Å². The van der Waals surface area contributed by atoms with Crippen molar-refractivity contribution in [3.05, 3.63) is 41.1 Å². The Hall–Kier alpha value is -2.01. The highest BCUT2D eigenvalue weighted by Crippen LogP contribution is 2.39. The maximum absolute atomic E-state index is 5.75. The van der Waals surface area contributed by atoms with Gasteiger partial charge in [-0.15, -0.1) is 0 Å². The molecule has 1 aromatic carbocycles. The fraction of sp³-hybridized carbons (Fsp3) is 0.500. The molecule has 5 nitrogen and oxygen atoms in total. The van der Waals surface area contributed by atoms with Crippen molar-refractivity contribution in [1.29, 1.82) is 0 Å². The van der Waals surface area contributed by atoms with Crippen molar-refractivity contribution in [2.45, 2.75) is 39.3 Å². The second-order valence-electron chi connectivity index (χ2n) is 5.99. The van der Waals surface area contributed by atoms with Gasteiger partial charge in [0.1, 0.15) is 17.3 Å². The van der Waals surface area contributed by atoms with E-state index in [0.717, 1.165) is 54.8 Å². The molecule has 1 aliphatic heterocycles. The Bertz CT molecular complexity index is 661. The topological polar surface area (TPSA) is 47.7 Å². The van der Waals surface area contributed by atoms with E-state index in [0.29, 0.717) is 6.04 Å². The Morgan fingerprint density at radius 1 is 1.26 bits per heavy atom. The summed E-state index contributed by atoms with van der Waals surface area (Å²) in [6.45, 7) is 5.69. The Morgan fingerprint density at radius 2 is 2.09 bits per heavy atom. The molecule has 2 heterocycles. The molecule has 1 fully saturated rings. The van der Waals surface area contributed by atoms with Crippen molar-refractivity contribution in [3.8, 4) is 11.5 Å². The van der Waals surface area contributed by atoms with E-state index >= 15 is 0 Å². The number of aryl methyl sites for hydroxylation is 2. The molecule has 0 aliphatic carbocycles. The fourth-order valence-electron chi connectivity index (χ4n) is 3.25. The van der Waals surface area contributed by atoms with Gasteiger partial charge in [-0.25, -0.2) is 4.98 Å². The van der Waals surface area contributed by atoms with Crippen molar-refractivity contribution in [3.63, 3.8) is 0 Å². The molecule has 0 N–H and O–H groups in total. The van der Waals surface area contributed by atoms with Gasteiger partial charge >= 0.3 is 0 Å². The Kier molecular flexibility index (Phi) is 4.57. The van der Waals surface area contributed by atoms with Crippen molar-refractivity contribution < 1.29 is 13.9 Å². The molecule has 1 atom stereocenters. The first-order valence-electron chi connectivity index (χ1n) is 8.01. The maximum atomic E-state index is 5.75. The lowest BCUT2D eigenvalue weighted by atomic mass is 10.0. The monoisotopic (exact) mass is 316 g/mol. The molecule has 0 saturated carbocycles. The second-order valence-corrected chi connectivity index (χ2v) is 5.99. The van der Waals surface area contributed by atoms with Gasteiger partial charge in [0, 0.05) is 11.6 Å². The molecule has 0 amide bonds. The zero-order valence-corrected chi connectivity index (χ0v) is 14.3. The first-order valence-corrected chi connectivity index (χ1v) is 8.01. The van der Waals surface area contributed by atoms with Gasteiger partial charge in [-0.05, 0) is 51.4 Å². The Balaban J connectivity index is 1.86. The third kappa shape index (κ3) is 3.20. The number of rotatable bonds is 5. The van der Waals surface area contributed by atoms with Crippen molar-refractivity contribution in [2.75, 3.05) is 20.8 Å². The van der Waals surface area contributed by atoms with E-state index < -0.39 is 0 Å². The van der Waals surface area contributed by atoms with Crippen LogP contribution in [-0.2, 0) is 6.54 Å². The van der Waals surface area contributed by atoms with E-state index in [4.69, 9.17) is 13.9 Å². The summed E-state index contributed by atoms with van der Waals surface area (Å²) in [7, 11) is 3.40. The van der Waals surface area contributed by atoms with Crippen LogP contribution >= 0.6 is 0 Å². The summed E-state index contributed by atoms with van der Waals surface area (Å²) in [5.74, 6) is 3.45. The highest BCUT2D eigenvalue weighted by atomic mass is 16.5. The lowest BCUT2D eigenvalue weighted by Crippen LogP contribution is -2.23. The number of methoxy groups -OCH3 is 2. The van der Waals surface area contributed by atoms with E-state index in [1.54, 1.807) is 14.2 Å². The van der Waals surface area contributed by atoms with Gasteiger partial charge in [-0.3, -0.25) is 4.90 Å². The van der Waals surface area contributed by atoms with Crippen molar-refractivity contribution in [2.24, 2.45) is 0 Å². The summed E-state index contributed by atoms with van der Waals surface area (Å²) in [5.41, 5.74) is 2.14. The predicted molar refractivity (Wildman–Crippen MR) is 87.9 cm³/mol. The Labute approximate surface area is 137 Å². The zero-order valence-electron chi connectivity index (χ0n) is 14.3. The second kappa shape index (κ2) is 6.62. The maximum Gasteiger partial charge on any atom is 0.208 e. The SMILES string of the molecule is COc1ccc(OC)c([C@H]2CCCN2Cc2nc(C)c(C)o2)c1. The van der Waals surface area contributed by atoms with E-state index in [1.165, 1.54) is 5.56 Å². The van der Waals surface area contributed by atoms with Crippen LogP contribution in [-0.4, -0.2) is 30.6 Å². The summed E-state index contributed by atoms with van der Waals surface area (Å²) >= 11 is 0. The standard InChI is InChI=1S/C18H24N2O3/c1-12-13(2)23-18(19-12)11-20-9-5-6-16(20)15-10-14(21-3)7-8-17(15)22-4/h7-8,10,16H,5-6,9,11H2,1-4H3/t16-/m1/s1. The predicted octanol–water partition coefficient (Wildman–Crippen LogP) is 3.65. The number of nitrogens with zero attached hydrogens (tertiary/aromatic N) is 2. The molecular formula is C18H24N2O3. The van der Waals surface area contributed by atoms with Gasteiger partial charge in [-0.1, -0.05) is 0 Å². The number of aromatic nitrogens is 1. The smallest absolute Gasteiger partial charge is 0.208 e.